The first kappa shape index (κ1) is 31.7. The molecule has 206 valence electrons. The number of carbonyl (C=O) groups is 3. The lowest BCUT2D eigenvalue weighted by molar-refractivity contribution is -0.198. The first-order valence-corrected chi connectivity index (χ1v) is 11.9. The molecule has 0 aromatic carbocycles. The van der Waals surface area contributed by atoms with Gasteiger partial charge < -0.3 is 38.6 Å². The smallest absolute Gasteiger partial charge is 0.335 e. The fraction of sp³-hybridized carbons (Fsp3) is 0.857. The Balaban J connectivity index is 1.71. The Labute approximate surface area is 210 Å². The highest BCUT2D eigenvalue weighted by Gasteiger charge is 2.32. The molecule has 1 rings (SSSR count). The Morgan fingerprint density at radius 2 is 1.19 bits per heavy atom. The standard InChI is InChI=1S/C21H37N5O10/c22-25-24-6-10-33-14-18-35-17-13-32-9-5-23-4-8-31-12-16-34-15-11-30-7-3-21(29)36-26-19(27)1-2-20(26)28/h23H,1-18H2. The topological polar surface area (TPSA) is 180 Å². The minimum absolute atomic E-state index is 0.0636. The van der Waals surface area contributed by atoms with Gasteiger partial charge in [-0.1, -0.05) is 5.11 Å². The number of hydroxylamine groups is 2. The van der Waals surface area contributed by atoms with E-state index in [2.05, 4.69) is 15.3 Å². The third-order valence-electron chi connectivity index (χ3n) is 4.38. The van der Waals surface area contributed by atoms with Crippen LogP contribution in [0, 0.1) is 0 Å². The third-order valence-corrected chi connectivity index (χ3v) is 4.38. The number of hydrogen-bond donors (Lipinski definition) is 1. The summed E-state index contributed by atoms with van der Waals surface area (Å²) in [5.74, 6) is -1.71. The first-order chi connectivity index (χ1) is 17.6. The monoisotopic (exact) mass is 519 g/mol. The lowest BCUT2D eigenvalue weighted by Gasteiger charge is -2.12. The Hall–Kier alpha value is -2.36. The van der Waals surface area contributed by atoms with E-state index < -0.39 is 17.8 Å². The Morgan fingerprint density at radius 3 is 1.69 bits per heavy atom. The third kappa shape index (κ3) is 18.0. The highest BCUT2D eigenvalue weighted by Crippen LogP contribution is 2.12. The maximum absolute atomic E-state index is 11.6. The van der Waals surface area contributed by atoms with Crippen molar-refractivity contribution in [3.05, 3.63) is 10.4 Å². The zero-order valence-electron chi connectivity index (χ0n) is 20.6. The van der Waals surface area contributed by atoms with Crippen molar-refractivity contribution in [3.8, 4) is 0 Å². The summed E-state index contributed by atoms with van der Waals surface area (Å²) in [7, 11) is 0. The molecule has 15 nitrogen and oxygen atoms in total. The predicted molar refractivity (Wildman–Crippen MR) is 124 cm³/mol. The van der Waals surface area contributed by atoms with E-state index in [4.69, 9.17) is 38.8 Å². The van der Waals surface area contributed by atoms with Crippen LogP contribution in [-0.2, 0) is 47.6 Å². The molecule has 2 amide bonds. The molecule has 0 atom stereocenters. The first-order valence-electron chi connectivity index (χ1n) is 11.9. The van der Waals surface area contributed by atoms with E-state index in [-0.39, 0.29) is 25.9 Å². The Bertz CT molecular complexity index is 647. The summed E-state index contributed by atoms with van der Waals surface area (Å²) in [6, 6.07) is 0. The molecular weight excluding hydrogens is 482 g/mol. The van der Waals surface area contributed by atoms with Gasteiger partial charge >= 0.3 is 5.97 Å². The van der Waals surface area contributed by atoms with Crippen LogP contribution in [0.4, 0.5) is 0 Å². The van der Waals surface area contributed by atoms with Crippen molar-refractivity contribution >= 4 is 17.8 Å². The van der Waals surface area contributed by atoms with Gasteiger partial charge in [0.15, 0.2) is 0 Å². The van der Waals surface area contributed by atoms with Crippen LogP contribution in [0.25, 0.3) is 10.4 Å². The van der Waals surface area contributed by atoms with E-state index >= 15 is 0 Å². The molecule has 1 aliphatic heterocycles. The van der Waals surface area contributed by atoms with Gasteiger partial charge in [-0.25, -0.2) is 4.79 Å². The molecule has 0 radical (unpaired) electrons. The number of rotatable bonds is 25. The van der Waals surface area contributed by atoms with Crippen molar-refractivity contribution in [1.82, 2.24) is 10.4 Å². The van der Waals surface area contributed by atoms with Crippen LogP contribution in [0.3, 0.4) is 0 Å². The van der Waals surface area contributed by atoms with Crippen LogP contribution in [0.1, 0.15) is 19.3 Å². The molecule has 0 saturated carbocycles. The SMILES string of the molecule is [N-]=[N+]=NCCOCCOCCOCCNCCOCCOCCOCCC(=O)ON1C(=O)CCC1=O. The maximum Gasteiger partial charge on any atom is 0.335 e. The molecule has 0 unspecified atom stereocenters. The number of carbonyl (C=O) groups excluding carboxylic acids is 3. The zero-order valence-corrected chi connectivity index (χ0v) is 20.6. The van der Waals surface area contributed by atoms with E-state index in [1.807, 2.05) is 0 Å². The molecular formula is C21H37N5O10. The highest BCUT2D eigenvalue weighted by molar-refractivity contribution is 6.01. The van der Waals surface area contributed by atoms with Gasteiger partial charge in [-0.15, -0.1) is 5.06 Å². The molecule has 1 fully saturated rings. The van der Waals surface area contributed by atoms with Crippen molar-refractivity contribution in [2.45, 2.75) is 19.3 Å². The van der Waals surface area contributed by atoms with Gasteiger partial charge in [0, 0.05) is 37.4 Å². The molecule has 1 heterocycles. The van der Waals surface area contributed by atoms with Crippen LogP contribution in [-0.4, -0.2) is 122 Å². The van der Waals surface area contributed by atoms with E-state index in [1.165, 1.54) is 0 Å². The van der Waals surface area contributed by atoms with Crippen LogP contribution in [0.2, 0.25) is 0 Å². The quantitative estimate of drug-likeness (QED) is 0.0563. The number of nitrogens with one attached hydrogen (secondary N) is 1. The lowest BCUT2D eigenvalue weighted by Crippen LogP contribution is -2.32. The molecule has 1 saturated heterocycles. The fourth-order valence-electron chi connectivity index (χ4n) is 2.61. The summed E-state index contributed by atoms with van der Waals surface area (Å²) in [6.07, 6.45) is 0.0615. The van der Waals surface area contributed by atoms with Crippen LogP contribution in [0.15, 0.2) is 5.11 Å². The summed E-state index contributed by atoms with van der Waals surface area (Å²) < 4.78 is 32.0. The molecule has 0 aromatic rings. The van der Waals surface area contributed by atoms with Gasteiger partial charge in [0.05, 0.1) is 85.7 Å². The molecule has 0 aromatic heterocycles. The molecule has 0 spiro atoms. The van der Waals surface area contributed by atoms with E-state index in [1.54, 1.807) is 0 Å². The minimum atomic E-state index is -0.694. The van der Waals surface area contributed by atoms with Crippen LogP contribution < -0.4 is 5.32 Å². The molecule has 15 heteroatoms. The Kier molecular flexibility index (Phi) is 20.3. The second kappa shape index (κ2) is 23.1. The molecule has 1 N–H and O–H groups in total. The summed E-state index contributed by atoms with van der Waals surface area (Å²) in [5, 5.41) is 7.08. The predicted octanol–water partition coefficient (Wildman–Crippen LogP) is -0.0168. The van der Waals surface area contributed by atoms with E-state index in [0.717, 1.165) is 0 Å². The van der Waals surface area contributed by atoms with Crippen LogP contribution in [0.5, 0.6) is 0 Å². The van der Waals surface area contributed by atoms with Gasteiger partial charge in [-0.05, 0) is 5.53 Å². The average Bonchev–Trinajstić information content (AvgIpc) is 3.18. The molecule has 36 heavy (non-hydrogen) atoms. The lowest BCUT2D eigenvalue weighted by atomic mass is 10.4. The van der Waals surface area contributed by atoms with Gasteiger partial charge in [0.25, 0.3) is 11.8 Å². The number of amides is 2. The molecule has 1 aliphatic rings. The number of hydrogen-bond acceptors (Lipinski definition) is 12. The summed E-state index contributed by atoms with van der Waals surface area (Å²) >= 11 is 0. The van der Waals surface area contributed by atoms with Crippen molar-refractivity contribution in [2.75, 3.05) is 98.9 Å². The van der Waals surface area contributed by atoms with Crippen molar-refractivity contribution in [2.24, 2.45) is 5.11 Å². The second-order valence-electron chi connectivity index (χ2n) is 7.17. The largest absolute Gasteiger partial charge is 0.379 e. The zero-order chi connectivity index (χ0) is 26.1. The molecule has 0 bridgehead atoms. The minimum Gasteiger partial charge on any atom is -0.379 e. The van der Waals surface area contributed by atoms with Crippen molar-refractivity contribution in [1.29, 1.82) is 0 Å². The molecule has 0 aliphatic carbocycles. The summed E-state index contributed by atoms with van der Waals surface area (Å²) in [6.45, 7) is 6.78. The highest BCUT2D eigenvalue weighted by atomic mass is 16.7. The normalized spacial score (nSPS) is 13.3. The second-order valence-corrected chi connectivity index (χ2v) is 7.17. The number of azide groups is 1. The summed E-state index contributed by atoms with van der Waals surface area (Å²) in [4.78, 5) is 41.6. The number of nitrogens with zero attached hydrogens (tertiary/aromatic N) is 4. The van der Waals surface area contributed by atoms with Crippen LogP contribution >= 0.6 is 0 Å². The Morgan fingerprint density at radius 1 is 0.750 bits per heavy atom. The van der Waals surface area contributed by atoms with Gasteiger partial charge in [-0.2, -0.15) is 0 Å². The summed E-state index contributed by atoms with van der Waals surface area (Å²) in [5.41, 5.74) is 8.11. The fourth-order valence-corrected chi connectivity index (χ4v) is 2.61. The number of ether oxygens (including phenoxy) is 6. The van der Waals surface area contributed by atoms with Gasteiger partial charge in [0.1, 0.15) is 0 Å². The maximum atomic E-state index is 11.6. The van der Waals surface area contributed by atoms with E-state index in [9.17, 15) is 14.4 Å². The number of imide groups is 1. The average molecular weight is 520 g/mol. The van der Waals surface area contributed by atoms with E-state index in [0.29, 0.717) is 97.4 Å². The van der Waals surface area contributed by atoms with Gasteiger partial charge in [0.2, 0.25) is 0 Å². The van der Waals surface area contributed by atoms with Crippen molar-refractivity contribution < 1.29 is 47.6 Å². The van der Waals surface area contributed by atoms with Gasteiger partial charge in [-0.3, -0.25) is 9.59 Å². The van der Waals surface area contributed by atoms with Crippen molar-refractivity contribution in [3.63, 3.8) is 0 Å².